The van der Waals surface area contributed by atoms with Crippen LogP contribution in [0.2, 0.25) is 0 Å². The van der Waals surface area contributed by atoms with Gasteiger partial charge in [0, 0.05) is 40.4 Å². The number of hydrogen-bond acceptors (Lipinski definition) is 4. The Morgan fingerprint density at radius 3 is 2.79 bits per heavy atom. The number of hydrogen-bond donors (Lipinski definition) is 2. The molecule has 7 heteroatoms. The topological polar surface area (TPSA) is 75.2 Å². The minimum Gasteiger partial charge on any atom is -0.482 e. The third kappa shape index (κ3) is 5.13. The number of anilines is 1. The maximum atomic E-state index is 12.1. The summed E-state index contributed by atoms with van der Waals surface area (Å²) < 4.78 is 10.5. The lowest BCUT2D eigenvalue weighted by molar-refractivity contribution is -0.121. The summed E-state index contributed by atoms with van der Waals surface area (Å²) in [6.07, 6.45) is 1.75. The summed E-state index contributed by atoms with van der Waals surface area (Å²) in [5, 5.41) is 6.48. The van der Waals surface area contributed by atoms with E-state index < -0.39 is 0 Å². The molecule has 1 aliphatic rings. The number of rotatable bonds is 8. The van der Waals surface area contributed by atoms with Gasteiger partial charge in [0.1, 0.15) is 5.75 Å². The zero-order chi connectivity index (χ0) is 17.2. The first-order valence-corrected chi connectivity index (χ1v) is 8.22. The standard InChI is InChI=1S/C17H26N4O3/c1-18-17(20-10-6-12-23-2)19-9-5-11-21-14-7-3-4-8-15(14)24-13-16(21)22/h3-4,7-8H,5-6,9-13H2,1-2H3,(H2,18,19,20). The first-order chi connectivity index (χ1) is 11.8. The quantitative estimate of drug-likeness (QED) is 0.421. The van der Waals surface area contributed by atoms with Gasteiger partial charge in [0.2, 0.25) is 0 Å². The molecule has 2 N–H and O–H groups in total. The normalized spacial score (nSPS) is 14.2. The van der Waals surface area contributed by atoms with Crippen molar-refractivity contribution in [2.24, 2.45) is 4.99 Å². The van der Waals surface area contributed by atoms with Gasteiger partial charge in [-0.3, -0.25) is 9.79 Å². The van der Waals surface area contributed by atoms with Crippen molar-refractivity contribution in [1.82, 2.24) is 10.6 Å². The summed E-state index contributed by atoms with van der Waals surface area (Å²) in [7, 11) is 3.44. The van der Waals surface area contributed by atoms with E-state index in [0.29, 0.717) is 6.54 Å². The fourth-order valence-corrected chi connectivity index (χ4v) is 2.49. The molecule has 2 rings (SSSR count). The van der Waals surface area contributed by atoms with Crippen molar-refractivity contribution in [1.29, 1.82) is 0 Å². The lowest BCUT2D eigenvalue weighted by Gasteiger charge is -2.29. The molecule has 1 aromatic carbocycles. The number of nitrogens with zero attached hydrogens (tertiary/aromatic N) is 2. The number of amides is 1. The number of para-hydroxylation sites is 2. The number of nitrogens with one attached hydrogen (secondary N) is 2. The van der Waals surface area contributed by atoms with E-state index in [1.54, 1.807) is 19.1 Å². The smallest absolute Gasteiger partial charge is 0.265 e. The molecule has 132 valence electrons. The van der Waals surface area contributed by atoms with Crippen LogP contribution in [-0.4, -0.2) is 58.9 Å². The highest BCUT2D eigenvalue weighted by Gasteiger charge is 2.24. The van der Waals surface area contributed by atoms with Crippen molar-refractivity contribution >= 4 is 17.6 Å². The maximum absolute atomic E-state index is 12.1. The second kappa shape index (κ2) is 9.77. The van der Waals surface area contributed by atoms with E-state index in [4.69, 9.17) is 9.47 Å². The lowest BCUT2D eigenvalue weighted by atomic mass is 10.2. The lowest BCUT2D eigenvalue weighted by Crippen LogP contribution is -2.42. The molecule has 1 heterocycles. The second-order valence-electron chi connectivity index (χ2n) is 5.43. The Morgan fingerprint density at radius 1 is 1.29 bits per heavy atom. The summed E-state index contributed by atoms with van der Waals surface area (Å²) in [5.74, 6) is 1.52. The van der Waals surface area contributed by atoms with E-state index in [-0.39, 0.29) is 12.5 Å². The van der Waals surface area contributed by atoms with Crippen LogP contribution in [0.3, 0.4) is 0 Å². The highest BCUT2D eigenvalue weighted by Crippen LogP contribution is 2.31. The van der Waals surface area contributed by atoms with Gasteiger partial charge in [0.25, 0.3) is 5.91 Å². The minimum atomic E-state index is -0.00391. The van der Waals surface area contributed by atoms with Gasteiger partial charge in [-0.25, -0.2) is 0 Å². The molecule has 0 saturated heterocycles. The average Bonchev–Trinajstić information content (AvgIpc) is 2.61. The number of guanidine groups is 1. The van der Waals surface area contributed by atoms with Crippen LogP contribution in [0.4, 0.5) is 5.69 Å². The van der Waals surface area contributed by atoms with Gasteiger partial charge in [-0.05, 0) is 25.0 Å². The number of ether oxygens (including phenoxy) is 2. The molecule has 0 bridgehead atoms. The van der Waals surface area contributed by atoms with E-state index in [9.17, 15) is 4.79 Å². The molecule has 0 saturated carbocycles. The van der Waals surface area contributed by atoms with Gasteiger partial charge in [0.15, 0.2) is 12.6 Å². The minimum absolute atomic E-state index is 0.00391. The van der Waals surface area contributed by atoms with E-state index in [0.717, 1.165) is 49.9 Å². The molecule has 0 fully saturated rings. The number of carbonyl (C=O) groups is 1. The zero-order valence-corrected chi connectivity index (χ0v) is 14.4. The Hall–Kier alpha value is -2.28. The number of benzene rings is 1. The van der Waals surface area contributed by atoms with Crippen LogP contribution in [0.1, 0.15) is 12.8 Å². The van der Waals surface area contributed by atoms with Gasteiger partial charge in [-0.1, -0.05) is 12.1 Å². The fourth-order valence-electron chi connectivity index (χ4n) is 2.49. The van der Waals surface area contributed by atoms with Gasteiger partial charge < -0.3 is 25.0 Å². The van der Waals surface area contributed by atoms with Crippen molar-refractivity contribution < 1.29 is 14.3 Å². The highest BCUT2D eigenvalue weighted by molar-refractivity contribution is 5.97. The zero-order valence-electron chi connectivity index (χ0n) is 14.4. The predicted molar refractivity (Wildman–Crippen MR) is 94.8 cm³/mol. The molecule has 0 aromatic heterocycles. The average molecular weight is 334 g/mol. The van der Waals surface area contributed by atoms with Crippen LogP contribution in [-0.2, 0) is 9.53 Å². The third-order valence-corrected chi connectivity index (χ3v) is 3.70. The van der Waals surface area contributed by atoms with Crippen LogP contribution in [0.5, 0.6) is 5.75 Å². The van der Waals surface area contributed by atoms with Crippen molar-refractivity contribution in [2.45, 2.75) is 12.8 Å². The van der Waals surface area contributed by atoms with E-state index in [1.807, 2.05) is 24.3 Å². The summed E-state index contributed by atoms with van der Waals surface area (Å²) in [4.78, 5) is 18.0. The third-order valence-electron chi connectivity index (χ3n) is 3.70. The SMILES string of the molecule is CN=C(NCCCOC)NCCCN1C(=O)COc2ccccc21. The van der Waals surface area contributed by atoms with Crippen molar-refractivity contribution in [2.75, 3.05) is 51.9 Å². The molecule has 1 aliphatic heterocycles. The van der Waals surface area contributed by atoms with Crippen molar-refractivity contribution in [3.8, 4) is 5.75 Å². The first kappa shape index (κ1) is 18.1. The number of methoxy groups -OCH3 is 1. The van der Waals surface area contributed by atoms with Crippen LogP contribution in [0, 0.1) is 0 Å². The van der Waals surface area contributed by atoms with Crippen LogP contribution in [0.15, 0.2) is 29.3 Å². The second-order valence-corrected chi connectivity index (χ2v) is 5.43. The molecule has 0 spiro atoms. The number of carbonyl (C=O) groups excluding carboxylic acids is 1. The van der Waals surface area contributed by atoms with E-state index in [2.05, 4.69) is 15.6 Å². The van der Waals surface area contributed by atoms with Gasteiger partial charge in [0.05, 0.1) is 5.69 Å². The molecule has 7 nitrogen and oxygen atoms in total. The van der Waals surface area contributed by atoms with Crippen LogP contribution >= 0.6 is 0 Å². The highest BCUT2D eigenvalue weighted by atomic mass is 16.5. The Bertz CT molecular complexity index is 563. The largest absolute Gasteiger partial charge is 0.482 e. The molecule has 24 heavy (non-hydrogen) atoms. The molecular formula is C17H26N4O3. The summed E-state index contributed by atoms with van der Waals surface area (Å²) >= 11 is 0. The summed E-state index contributed by atoms with van der Waals surface area (Å²) in [6, 6.07) is 7.63. The summed E-state index contributed by atoms with van der Waals surface area (Å²) in [6.45, 7) is 3.02. The number of fused-ring (bicyclic) bond motifs is 1. The maximum Gasteiger partial charge on any atom is 0.265 e. The molecule has 0 unspecified atom stereocenters. The fraction of sp³-hybridized carbons (Fsp3) is 0.529. The number of aliphatic imine (C=N–C) groups is 1. The van der Waals surface area contributed by atoms with Gasteiger partial charge >= 0.3 is 0 Å². The van der Waals surface area contributed by atoms with Crippen molar-refractivity contribution in [3.63, 3.8) is 0 Å². The van der Waals surface area contributed by atoms with Crippen LogP contribution < -0.4 is 20.3 Å². The van der Waals surface area contributed by atoms with E-state index in [1.165, 1.54) is 0 Å². The molecule has 0 aliphatic carbocycles. The first-order valence-electron chi connectivity index (χ1n) is 8.22. The van der Waals surface area contributed by atoms with Crippen molar-refractivity contribution in [3.05, 3.63) is 24.3 Å². The Kier molecular flexibility index (Phi) is 7.35. The van der Waals surface area contributed by atoms with Gasteiger partial charge in [-0.15, -0.1) is 0 Å². The summed E-state index contributed by atoms with van der Waals surface area (Å²) in [5.41, 5.74) is 0.843. The Morgan fingerprint density at radius 2 is 2.04 bits per heavy atom. The van der Waals surface area contributed by atoms with Crippen LogP contribution in [0.25, 0.3) is 0 Å². The molecule has 1 amide bonds. The monoisotopic (exact) mass is 334 g/mol. The molecule has 0 radical (unpaired) electrons. The van der Waals surface area contributed by atoms with E-state index >= 15 is 0 Å². The molecule has 1 aromatic rings. The van der Waals surface area contributed by atoms with Gasteiger partial charge in [-0.2, -0.15) is 0 Å². The molecule has 0 atom stereocenters. The predicted octanol–water partition coefficient (Wildman–Crippen LogP) is 1.00. The molecular weight excluding hydrogens is 308 g/mol. The Labute approximate surface area is 143 Å². The Balaban J connectivity index is 1.74.